The third-order valence-electron chi connectivity index (χ3n) is 3.09. The number of benzene rings is 1. The molecular formula is C15H20N2O. The summed E-state index contributed by atoms with van der Waals surface area (Å²) in [6.07, 6.45) is 0. The maximum atomic E-state index is 5.49. The molecule has 0 bridgehead atoms. The van der Waals surface area contributed by atoms with E-state index in [0.29, 0.717) is 6.61 Å². The lowest BCUT2D eigenvalue weighted by Gasteiger charge is -2.16. The molecule has 1 heterocycles. The quantitative estimate of drug-likeness (QED) is 0.878. The molecule has 0 radical (unpaired) electrons. The highest BCUT2D eigenvalue weighted by molar-refractivity contribution is 5.79. The molecular weight excluding hydrogens is 224 g/mol. The molecule has 1 unspecified atom stereocenters. The third-order valence-corrected chi connectivity index (χ3v) is 3.09. The van der Waals surface area contributed by atoms with E-state index < -0.39 is 0 Å². The Morgan fingerprint density at radius 3 is 2.83 bits per heavy atom. The Labute approximate surface area is 108 Å². The first-order chi connectivity index (χ1) is 8.74. The highest BCUT2D eigenvalue weighted by atomic mass is 16.5. The van der Waals surface area contributed by atoms with Crippen molar-refractivity contribution in [2.24, 2.45) is 0 Å². The van der Waals surface area contributed by atoms with Gasteiger partial charge in [0.15, 0.2) is 0 Å². The average Bonchev–Trinajstić information content (AvgIpc) is 2.39. The average molecular weight is 244 g/mol. The van der Waals surface area contributed by atoms with Crippen molar-refractivity contribution in [2.75, 3.05) is 20.3 Å². The summed E-state index contributed by atoms with van der Waals surface area (Å²) in [4.78, 5) is 4.51. The highest BCUT2D eigenvalue weighted by Crippen LogP contribution is 2.20. The molecule has 3 nitrogen and oxygen atoms in total. The van der Waals surface area contributed by atoms with Gasteiger partial charge >= 0.3 is 0 Å². The summed E-state index contributed by atoms with van der Waals surface area (Å²) in [5.41, 5.74) is 3.34. The van der Waals surface area contributed by atoms with Crippen LogP contribution in [0.4, 0.5) is 0 Å². The molecule has 2 aromatic rings. The van der Waals surface area contributed by atoms with E-state index >= 15 is 0 Å². The fraction of sp³-hybridized carbons (Fsp3) is 0.400. The minimum absolute atomic E-state index is 0.232. The van der Waals surface area contributed by atoms with Gasteiger partial charge in [0.1, 0.15) is 0 Å². The molecule has 1 aromatic carbocycles. The number of likely N-dealkylation sites (N-methyl/N-ethyl adjacent to an activating group) is 1. The Hall–Kier alpha value is -1.45. The molecule has 3 heteroatoms. The number of pyridine rings is 1. The lowest BCUT2D eigenvalue weighted by atomic mass is 10.0. The first-order valence-electron chi connectivity index (χ1n) is 6.37. The predicted octanol–water partition coefficient (Wildman–Crippen LogP) is 2.84. The SMILES string of the molecule is CCOCC(NC)c1ccc2nc(C)ccc2c1. The van der Waals surface area contributed by atoms with Gasteiger partial charge in [0.2, 0.25) is 0 Å². The van der Waals surface area contributed by atoms with Gasteiger partial charge in [-0.3, -0.25) is 4.98 Å². The minimum Gasteiger partial charge on any atom is -0.380 e. The van der Waals surface area contributed by atoms with E-state index in [4.69, 9.17) is 4.74 Å². The lowest BCUT2D eigenvalue weighted by Crippen LogP contribution is -2.21. The molecule has 0 aliphatic heterocycles. The second kappa shape index (κ2) is 5.94. The summed E-state index contributed by atoms with van der Waals surface area (Å²) < 4.78 is 5.49. The van der Waals surface area contributed by atoms with Crippen LogP contribution in [0, 0.1) is 6.92 Å². The first-order valence-corrected chi connectivity index (χ1v) is 6.37. The monoisotopic (exact) mass is 244 g/mol. The summed E-state index contributed by atoms with van der Waals surface area (Å²) in [5.74, 6) is 0. The number of hydrogen-bond acceptors (Lipinski definition) is 3. The van der Waals surface area contributed by atoms with Crippen LogP contribution >= 0.6 is 0 Å². The van der Waals surface area contributed by atoms with Crippen LogP contribution in [0.25, 0.3) is 10.9 Å². The van der Waals surface area contributed by atoms with E-state index in [0.717, 1.165) is 17.8 Å². The second-order valence-corrected chi connectivity index (χ2v) is 4.41. The molecule has 1 aromatic heterocycles. The van der Waals surface area contributed by atoms with Crippen molar-refractivity contribution in [3.05, 3.63) is 41.6 Å². The van der Waals surface area contributed by atoms with Crippen LogP contribution in [0.2, 0.25) is 0 Å². The molecule has 0 saturated carbocycles. The van der Waals surface area contributed by atoms with Crippen molar-refractivity contribution in [3.8, 4) is 0 Å². The van der Waals surface area contributed by atoms with Gasteiger partial charge < -0.3 is 10.1 Å². The summed E-state index contributed by atoms with van der Waals surface area (Å²) in [6, 6.07) is 10.8. The zero-order valence-electron chi connectivity index (χ0n) is 11.2. The van der Waals surface area contributed by atoms with Gasteiger partial charge in [-0.05, 0) is 44.7 Å². The number of ether oxygens (including phenoxy) is 1. The maximum Gasteiger partial charge on any atom is 0.0705 e. The standard InChI is InChI=1S/C15H20N2O/c1-4-18-10-15(16-3)13-7-8-14-12(9-13)6-5-11(2)17-14/h5-9,15-16H,4,10H2,1-3H3. The van der Waals surface area contributed by atoms with Gasteiger partial charge in [-0.15, -0.1) is 0 Å². The number of aryl methyl sites for hydroxylation is 1. The fourth-order valence-electron chi connectivity index (χ4n) is 2.04. The van der Waals surface area contributed by atoms with Crippen molar-refractivity contribution in [1.29, 1.82) is 0 Å². The molecule has 0 saturated heterocycles. The van der Waals surface area contributed by atoms with E-state index in [9.17, 15) is 0 Å². The lowest BCUT2D eigenvalue weighted by molar-refractivity contribution is 0.125. The maximum absolute atomic E-state index is 5.49. The number of aromatic nitrogens is 1. The van der Waals surface area contributed by atoms with Gasteiger partial charge in [-0.1, -0.05) is 12.1 Å². The Morgan fingerprint density at radius 1 is 1.28 bits per heavy atom. The zero-order valence-corrected chi connectivity index (χ0v) is 11.2. The van der Waals surface area contributed by atoms with Gasteiger partial charge in [-0.2, -0.15) is 0 Å². The van der Waals surface area contributed by atoms with Gasteiger partial charge in [0, 0.05) is 17.7 Å². The third kappa shape index (κ3) is 2.86. The molecule has 0 fully saturated rings. The van der Waals surface area contributed by atoms with Gasteiger partial charge in [-0.25, -0.2) is 0 Å². The van der Waals surface area contributed by atoms with Gasteiger partial charge in [0.05, 0.1) is 18.2 Å². The number of nitrogens with one attached hydrogen (secondary N) is 1. The van der Waals surface area contributed by atoms with Crippen LogP contribution in [0.15, 0.2) is 30.3 Å². The molecule has 2 rings (SSSR count). The number of rotatable bonds is 5. The zero-order chi connectivity index (χ0) is 13.0. The Kier molecular flexibility index (Phi) is 4.28. The fourth-order valence-corrected chi connectivity index (χ4v) is 2.04. The second-order valence-electron chi connectivity index (χ2n) is 4.41. The molecule has 1 N–H and O–H groups in total. The van der Waals surface area contributed by atoms with Crippen LogP contribution in [0.5, 0.6) is 0 Å². The van der Waals surface area contributed by atoms with Crippen molar-refractivity contribution < 1.29 is 4.74 Å². The normalized spacial score (nSPS) is 12.8. The number of nitrogens with zero attached hydrogens (tertiary/aromatic N) is 1. The van der Waals surface area contributed by atoms with Crippen LogP contribution in [0.3, 0.4) is 0 Å². The first kappa shape index (κ1) is 13.0. The Balaban J connectivity index is 2.30. The molecule has 0 spiro atoms. The van der Waals surface area contributed by atoms with Crippen molar-refractivity contribution in [3.63, 3.8) is 0 Å². The topological polar surface area (TPSA) is 34.1 Å². The van der Waals surface area contributed by atoms with Crippen molar-refractivity contribution in [2.45, 2.75) is 19.9 Å². The Morgan fingerprint density at radius 2 is 2.11 bits per heavy atom. The molecule has 0 aliphatic carbocycles. The van der Waals surface area contributed by atoms with Crippen molar-refractivity contribution >= 4 is 10.9 Å². The van der Waals surface area contributed by atoms with Crippen LogP contribution in [-0.4, -0.2) is 25.2 Å². The van der Waals surface area contributed by atoms with Crippen molar-refractivity contribution in [1.82, 2.24) is 10.3 Å². The van der Waals surface area contributed by atoms with E-state index in [2.05, 4.69) is 34.6 Å². The molecule has 96 valence electrons. The molecule has 0 amide bonds. The Bertz CT molecular complexity index is 525. The summed E-state index contributed by atoms with van der Waals surface area (Å²) in [5, 5.41) is 4.46. The number of fused-ring (bicyclic) bond motifs is 1. The molecule has 0 aliphatic rings. The predicted molar refractivity (Wildman–Crippen MR) is 74.8 cm³/mol. The van der Waals surface area contributed by atoms with Crippen LogP contribution < -0.4 is 5.32 Å². The molecule has 18 heavy (non-hydrogen) atoms. The number of hydrogen-bond donors (Lipinski definition) is 1. The van der Waals surface area contributed by atoms with E-state index in [1.165, 1.54) is 10.9 Å². The van der Waals surface area contributed by atoms with E-state index in [1.807, 2.05) is 27.0 Å². The van der Waals surface area contributed by atoms with Crippen LogP contribution in [0.1, 0.15) is 24.2 Å². The summed E-state index contributed by atoms with van der Waals surface area (Å²) in [7, 11) is 1.96. The largest absolute Gasteiger partial charge is 0.380 e. The van der Waals surface area contributed by atoms with E-state index in [-0.39, 0.29) is 6.04 Å². The summed E-state index contributed by atoms with van der Waals surface area (Å²) >= 11 is 0. The van der Waals surface area contributed by atoms with Crippen LogP contribution in [-0.2, 0) is 4.74 Å². The summed E-state index contributed by atoms with van der Waals surface area (Å²) in [6.45, 7) is 5.46. The highest BCUT2D eigenvalue weighted by Gasteiger charge is 2.09. The van der Waals surface area contributed by atoms with Gasteiger partial charge in [0.25, 0.3) is 0 Å². The van der Waals surface area contributed by atoms with E-state index in [1.54, 1.807) is 0 Å². The molecule has 1 atom stereocenters. The minimum atomic E-state index is 0.232. The smallest absolute Gasteiger partial charge is 0.0705 e.